The molecule has 1 amide bonds. The van der Waals surface area contributed by atoms with Gasteiger partial charge in [-0.3, -0.25) is 5.32 Å². The lowest BCUT2D eigenvalue weighted by atomic mass is 10.3. The fourth-order valence-electron chi connectivity index (χ4n) is 2.03. The second-order valence-corrected chi connectivity index (χ2v) is 5.82. The van der Waals surface area contributed by atoms with E-state index in [0.29, 0.717) is 21.6 Å². The molecule has 128 valence electrons. The molecule has 0 radical (unpaired) electrons. The molecule has 0 bridgehead atoms. The lowest BCUT2D eigenvalue weighted by molar-refractivity contribution is -0.392. The van der Waals surface area contributed by atoms with Crippen molar-refractivity contribution in [3.05, 3.63) is 50.4 Å². The van der Waals surface area contributed by atoms with Crippen LogP contribution in [0, 0.1) is 17.0 Å². The van der Waals surface area contributed by atoms with E-state index >= 15 is 0 Å². The van der Waals surface area contributed by atoms with E-state index in [-0.39, 0.29) is 12.4 Å². The van der Waals surface area contributed by atoms with Gasteiger partial charge >= 0.3 is 11.9 Å². The molecule has 1 aromatic heterocycles. The molecule has 24 heavy (non-hydrogen) atoms. The summed E-state index contributed by atoms with van der Waals surface area (Å²) in [4.78, 5) is 26.2. The monoisotopic (exact) mass is 372 g/mol. The van der Waals surface area contributed by atoms with Gasteiger partial charge in [-0.25, -0.2) is 14.3 Å². The van der Waals surface area contributed by atoms with E-state index in [2.05, 4.69) is 10.3 Å². The lowest BCUT2D eigenvalue weighted by Gasteiger charge is -2.13. The molecule has 10 heteroatoms. The number of hydrogen-bond acceptors (Lipinski definition) is 5. The summed E-state index contributed by atoms with van der Waals surface area (Å²) >= 11 is 11.7. The number of carbonyl (C=O) groups excluding carboxylic acids is 1. The summed E-state index contributed by atoms with van der Waals surface area (Å²) in [5.74, 6) is 0.301. The number of imidazole rings is 1. The maximum atomic E-state index is 11.9. The maximum Gasteiger partial charge on any atom is 0.412 e. The first-order valence-corrected chi connectivity index (χ1v) is 7.62. The van der Waals surface area contributed by atoms with Crippen molar-refractivity contribution in [3.8, 4) is 0 Å². The molecule has 0 aliphatic carbocycles. The Bertz CT molecular complexity index is 778. The Morgan fingerprint density at radius 1 is 1.46 bits per heavy atom. The minimum absolute atomic E-state index is 0.108. The highest BCUT2D eigenvalue weighted by molar-refractivity contribution is 6.42. The molecule has 0 saturated carbocycles. The number of carbonyl (C=O) groups is 1. The minimum Gasteiger partial charge on any atom is -0.442 e. The number of nitrogens with zero attached hydrogens (tertiary/aromatic N) is 3. The Kier molecular flexibility index (Phi) is 5.63. The molecule has 2 aromatic rings. The van der Waals surface area contributed by atoms with Gasteiger partial charge in [0.2, 0.25) is 0 Å². The first-order valence-electron chi connectivity index (χ1n) is 6.87. The molecular formula is C14H14Cl2N4O4. The van der Waals surface area contributed by atoms with Gasteiger partial charge in [0.1, 0.15) is 18.8 Å². The SMILES string of the molecule is Cc1ncc([N+](=O)[O-])n1CC(C)OC(=O)Nc1ccc(Cl)c(Cl)c1. The van der Waals surface area contributed by atoms with Gasteiger partial charge in [0.25, 0.3) is 0 Å². The molecule has 0 aliphatic rings. The number of ether oxygens (including phenoxy) is 1. The van der Waals surface area contributed by atoms with Crippen LogP contribution in [0.5, 0.6) is 0 Å². The van der Waals surface area contributed by atoms with Gasteiger partial charge in [-0.1, -0.05) is 23.2 Å². The highest BCUT2D eigenvalue weighted by atomic mass is 35.5. The van der Waals surface area contributed by atoms with Gasteiger partial charge in [0.05, 0.1) is 10.0 Å². The first kappa shape index (κ1) is 18.0. The van der Waals surface area contributed by atoms with Crippen LogP contribution in [0.15, 0.2) is 24.4 Å². The van der Waals surface area contributed by atoms with Crippen molar-refractivity contribution >= 4 is 40.8 Å². The van der Waals surface area contributed by atoms with Gasteiger partial charge in [-0.15, -0.1) is 0 Å². The molecule has 0 saturated heterocycles. The second-order valence-electron chi connectivity index (χ2n) is 5.00. The third kappa shape index (κ3) is 4.36. The average Bonchev–Trinajstić information content (AvgIpc) is 2.84. The van der Waals surface area contributed by atoms with Crippen LogP contribution in [0.25, 0.3) is 0 Å². The largest absolute Gasteiger partial charge is 0.442 e. The van der Waals surface area contributed by atoms with Gasteiger partial charge in [-0.2, -0.15) is 0 Å². The van der Waals surface area contributed by atoms with Gasteiger partial charge < -0.3 is 14.9 Å². The lowest BCUT2D eigenvalue weighted by Crippen LogP contribution is -2.25. The van der Waals surface area contributed by atoms with E-state index < -0.39 is 17.1 Å². The number of anilines is 1. The zero-order valence-electron chi connectivity index (χ0n) is 12.8. The Hall–Kier alpha value is -2.32. The van der Waals surface area contributed by atoms with E-state index in [0.717, 1.165) is 6.20 Å². The van der Waals surface area contributed by atoms with Crippen LogP contribution in [-0.2, 0) is 11.3 Å². The summed E-state index contributed by atoms with van der Waals surface area (Å²) in [6.07, 6.45) is -0.154. The Morgan fingerprint density at radius 2 is 2.17 bits per heavy atom. The Labute approximate surface area is 147 Å². The summed E-state index contributed by atoms with van der Waals surface area (Å²) in [5, 5.41) is 14.1. The summed E-state index contributed by atoms with van der Waals surface area (Å²) < 4.78 is 6.56. The van der Waals surface area contributed by atoms with Crippen molar-refractivity contribution in [2.24, 2.45) is 0 Å². The van der Waals surface area contributed by atoms with E-state index in [1.165, 1.54) is 10.6 Å². The van der Waals surface area contributed by atoms with E-state index in [4.69, 9.17) is 27.9 Å². The van der Waals surface area contributed by atoms with E-state index in [1.807, 2.05) is 0 Å². The number of nitrogens with one attached hydrogen (secondary N) is 1. The smallest absolute Gasteiger partial charge is 0.412 e. The molecule has 1 N–H and O–H groups in total. The second kappa shape index (κ2) is 7.50. The molecule has 1 atom stereocenters. The molecule has 1 heterocycles. The summed E-state index contributed by atoms with van der Waals surface area (Å²) in [5.41, 5.74) is 0.423. The highest BCUT2D eigenvalue weighted by Crippen LogP contribution is 2.25. The normalized spacial score (nSPS) is 11.8. The fourth-order valence-corrected chi connectivity index (χ4v) is 2.32. The fraction of sp³-hybridized carbons (Fsp3) is 0.286. The highest BCUT2D eigenvalue weighted by Gasteiger charge is 2.21. The van der Waals surface area contributed by atoms with Gasteiger partial charge in [-0.05, 0) is 30.0 Å². The zero-order chi connectivity index (χ0) is 17.9. The topological polar surface area (TPSA) is 99.3 Å². The zero-order valence-corrected chi connectivity index (χ0v) is 14.3. The number of halogens is 2. The average molecular weight is 373 g/mol. The van der Waals surface area contributed by atoms with Crippen molar-refractivity contribution in [3.63, 3.8) is 0 Å². The van der Waals surface area contributed by atoms with Crippen LogP contribution in [0.3, 0.4) is 0 Å². The van der Waals surface area contributed by atoms with Crippen LogP contribution < -0.4 is 5.32 Å². The number of aryl methyl sites for hydroxylation is 1. The first-order chi connectivity index (χ1) is 11.3. The number of rotatable bonds is 5. The van der Waals surface area contributed by atoms with Crippen molar-refractivity contribution < 1.29 is 14.5 Å². The van der Waals surface area contributed by atoms with Crippen LogP contribution in [0.1, 0.15) is 12.7 Å². The summed E-state index contributed by atoms with van der Waals surface area (Å²) in [6.45, 7) is 3.37. The third-order valence-corrected chi connectivity index (χ3v) is 3.87. The molecule has 1 unspecified atom stereocenters. The number of amides is 1. The number of hydrogen-bond donors (Lipinski definition) is 1. The molecule has 0 aliphatic heterocycles. The van der Waals surface area contributed by atoms with Crippen LogP contribution >= 0.6 is 23.2 Å². The summed E-state index contributed by atoms with van der Waals surface area (Å²) in [6, 6.07) is 4.60. The maximum absolute atomic E-state index is 11.9. The quantitative estimate of drug-likeness (QED) is 0.630. The van der Waals surface area contributed by atoms with Crippen LogP contribution in [0.4, 0.5) is 16.3 Å². The van der Waals surface area contributed by atoms with E-state index in [1.54, 1.807) is 26.0 Å². The standard InChI is InChI=1S/C14H14Cl2N4O4/c1-8(7-19-9(2)17-6-13(19)20(22)23)24-14(21)18-10-3-4-11(15)12(16)5-10/h3-6,8H,7H2,1-2H3,(H,18,21). The molecule has 0 spiro atoms. The van der Waals surface area contributed by atoms with Crippen molar-refractivity contribution in [2.75, 3.05) is 5.32 Å². The van der Waals surface area contributed by atoms with Gasteiger partial charge in [0.15, 0.2) is 5.82 Å². The molecule has 8 nitrogen and oxygen atoms in total. The van der Waals surface area contributed by atoms with Crippen LogP contribution in [0.2, 0.25) is 10.0 Å². The third-order valence-electron chi connectivity index (χ3n) is 3.13. The Morgan fingerprint density at radius 3 is 2.79 bits per heavy atom. The predicted molar refractivity (Wildman–Crippen MR) is 89.6 cm³/mol. The van der Waals surface area contributed by atoms with Crippen LogP contribution in [-0.4, -0.2) is 26.7 Å². The molecule has 0 fully saturated rings. The van der Waals surface area contributed by atoms with Gasteiger partial charge in [0, 0.05) is 12.6 Å². The number of nitro groups is 1. The predicted octanol–water partition coefficient (Wildman–Crippen LogP) is 4.04. The van der Waals surface area contributed by atoms with Crippen molar-refractivity contribution in [1.29, 1.82) is 0 Å². The van der Waals surface area contributed by atoms with Crippen molar-refractivity contribution in [2.45, 2.75) is 26.5 Å². The number of benzene rings is 1. The number of aromatic nitrogens is 2. The molecule has 2 rings (SSSR count). The molecular weight excluding hydrogens is 359 g/mol. The molecule has 1 aromatic carbocycles. The Balaban J connectivity index is 1.98. The van der Waals surface area contributed by atoms with Crippen molar-refractivity contribution in [1.82, 2.24) is 9.55 Å². The summed E-state index contributed by atoms with van der Waals surface area (Å²) in [7, 11) is 0. The minimum atomic E-state index is -0.707. The van der Waals surface area contributed by atoms with E-state index in [9.17, 15) is 14.9 Å².